The minimum absolute atomic E-state index is 0.0360. The van der Waals surface area contributed by atoms with E-state index in [4.69, 9.17) is 4.74 Å². The van der Waals surface area contributed by atoms with Gasteiger partial charge < -0.3 is 10.1 Å². The maximum Gasteiger partial charge on any atom is 0.231 e. The van der Waals surface area contributed by atoms with Crippen LogP contribution < -0.4 is 10.1 Å². The summed E-state index contributed by atoms with van der Waals surface area (Å²) in [7, 11) is 1.60. The molecule has 0 radical (unpaired) electrons. The molecule has 2 aromatic rings. The summed E-state index contributed by atoms with van der Waals surface area (Å²) in [4.78, 5) is 12.5. The highest BCUT2D eigenvalue weighted by Crippen LogP contribution is 2.25. The SMILES string of the molecule is COc1ccccc1NC(=O)[C@@H](C)c1ccc(CC(C)C)cc1. The van der Waals surface area contributed by atoms with E-state index in [0.717, 1.165) is 12.0 Å². The van der Waals surface area contributed by atoms with Gasteiger partial charge in [-0.1, -0.05) is 50.2 Å². The molecule has 0 saturated heterocycles. The third-order valence-corrected chi connectivity index (χ3v) is 3.88. The lowest BCUT2D eigenvalue weighted by atomic mass is 9.96. The van der Waals surface area contributed by atoms with E-state index in [1.807, 2.05) is 43.3 Å². The van der Waals surface area contributed by atoms with Gasteiger partial charge in [-0.05, 0) is 42.5 Å². The average Bonchev–Trinajstić information content (AvgIpc) is 2.55. The van der Waals surface area contributed by atoms with E-state index in [9.17, 15) is 4.79 Å². The van der Waals surface area contributed by atoms with Gasteiger partial charge in [0.15, 0.2) is 0 Å². The largest absolute Gasteiger partial charge is 0.495 e. The zero-order chi connectivity index (χ0) is 16.8. The van der Waals surface area contributed by atoms with Gasteiger partial charge in [0.2, 0.25) is 5.91 Å². The van der Waals surface area contributed by atoms with Crippen LogP contribution in [0.4, 0.5) is 5.69 Å². The van der Waals surface area contributed by atoms with E-state index < -0.39 is 0 Å². The Morgan fingerprint density at radius 2 is 1.70 bits per heavy atom. The minimum atomic E-state index is -0.215. The molecule has 23 heavy (non-hydrogen) atoms. The Labute approximate surface area is 138 Å². The maximum absolute atomic E-state index is 12.5. The standard InChI is InChI=1S/C20H25NO2/c1-14(2)13-16-9-11-17(12-10-16)15(3)20(22)21-18-7-5-6-8-19(18)23-4/h5-12,14-15H,13H2,1-4H3,(H,21,22)/t15-/m0/s1. The van der Waals surface area contributed by atoms with Gasteiger partial charge in [-0.25, -0.2) is 0 Å². The number of carbonyl (C=O) groups is 1. The molecule has 0 aliphatic rings. The molecule has 2 rings (SSSR count). The van der Waals surface area contributed by atoms with Crippen molar-refractivity contribution in [3.63, 3.8) is 0 Å². The molecule has 0 saturated carbocycles. The first-order chi connectivity index (χ1) is 11.0. The van der Waals surface area contributed by atoms with Crippen LogP contribution in [0.15, 0.2) is 48.5 Å². The number of hydrogen-bond donors (Lipinski definition) is 1. The molecule has 1 atom stereocenters. The lowest BCUT2D eigenvalue weighted by Gasteiger charge is -2.15. The quantitative estimate of drug-likeness (QED) is 0.844. The molecule has 0 fully saturated rings. The Hall–Kier alpha value is -2.29. The van der Waals surface area contributed by atoms with Gasteiger partial charge in [0, 0.05) is 0 Å². The molecule has 0 heterocycles. The Morgan fingerprint density at radius 1 is 1.04 bits per heavy atom. The zero-order valence-electron chi connectivity index (χ0n) is 14.3. The molecule has 0 bridgehead atoms. The first-order valence-corrected chi connectivity index (χ1v) is 8.04. The maximum atomic E-state index is 12.5. The fourth-order valence-corrected chi connectivity index (χ4v) is 2.55. The summed E-state index contributed by atoms with van der Waals surface area (Å²) >= 11 is 0. The number of hydrogen-bond acceptors (Lipinski definition) is 2. The van der Waals surface area contributed by atoms with E-state index in [1.54, 1.807) is 7.11 Å². The number of carbonyl (C=O) groups excluding carboxylic acids is 1. The molecule has 0 unspecified atom stereocenters. The monoisotopic (exact) mass is 311 g/mol. The highest BCUT2D eigenvalue weighted by Gasteiger charge is 2.16. The van der Waals surface area contributed by atoms with Crippen molar-refractivity contribution in [3.05, 3.63) is 59.7 Å². The van der Waals surface area contributed by atoms with Gasteiger partial charge in [-0.3, -0.25) is 4.79 Å². The molecule has 0 spiro atoms. The second-order valence-electron chi connectivity index (χ2n) is 6.25. The molecule has 3 nitrogen and oxygen atoms in total. The van der Waals surface area contributed by atoms with Crippen molar-refractivity contribution >= 4 is 11.6 Å². The lowest BCUT2D eigenvalue weighted by Crippen LogP contribution is -2.19. The normalized spacial score (nSPS) is 12.0. The summed E-state index contributed by atoms with van der Waals surface area (Å²) in [5, 5.41) is 2.94. The number of nitrogens with one attached hydrogen (secondary N) is 1. The van der Waals surface area contributed by atoms with Crippen LogP contribution in [0.5, 0.6) is 5.75 Å². The summed E-state index contributed by atoms with van der Waals surface area (Å²) in [6, 6.07) is 15.8. The van der Waals surface area contributed by atoms with Crippen LogP contribution in [-0.2, 0) is 11.2 Å². The molecule has 0 aromatic heterocycles. The smallest absolute Gasteiger partial charge is 0.231 e. The van der Waals surface area contributed by atoms with E-state index in [0.29, 0.717) is 17.4 Å². The van der Waals surface area contributed by atoms with Crippen LogP contribution in [0.25, 0.3) is 0 Å². The topological polar surface area (TPSA) is 38.3 Å². The van der Waals surface area contributed by atoms with Crippen molar-refractivity contribution in [2.75, 3.05) is 12.4 Å². The van der Waals surface area contributed by atoms with Crippen LogP contribution in [0.2, 0.25) is 0 Å². The van der Waals surface area contributed by atoms with E-state index >= 15 is 0 Å². The van der Waals surface area contributed by atoms with Crippen LogP contribution >= 0.6 is 0 Å². The summed E-state index contributed by atoms with van der Waals surface area (Å²) < 4.78 is 5.27. The van der Waals surface area contributed by atoms with Gasteiger partial charge >= 0.3 is 0 Å². The average molecular weight is 311 g/mol. The van der Waals surface area contributed by atoms with Crippen molar-refractivity contribution in [2.45, 2.75) is 33.1 Å². The molecule has 122 valence electrons. The van der Waals surface area contributed by atoms with Gasteiger partial charge in [0.25, 0.3) is 0 Å². The number of rotatable bonds is 6. The minimum Gasteiger partial charge on any atom is -0.495 e. The Bertz CT molecular complexity index is 647. The first kappa shape index (κ1) is 17.1. The summed E-state index contributed by atoms with van der Waals surface area (Å²) in [5.74, 6) is 1.05. The number of amides is 1. The number of para-hydroxylation sites is 2. The fourth-order valence-electron chi connectivity index (χ4n) is 2.55. The second kappa shape index (κ2) is 7.82. The first-order valence-electron chi connectivity index (χ1n) is 8.04. The second-order valence-corrected chi connectivity index (χ2v) is 6.25. The van der Waals surface area contributed by atoms with E-state index in [-0.39, 0.29) is 11.8 Å². The Kier molecular flexibility index (Phi) is 5.80. The molecular formula is C20H25NO2. The molecule has 1 N–H and O–H groups in total. The third-order valence-electron chi connectivity index (χ3n) is 3.88. The van der Waals surface area contributed by atoms with Gasteiger partial charge in [-0.2, -0.15) is 0 Å². The van der Waals surface area contributed by atoms with Gasteiger partial charge in [0.1, 0.15) is 5.75 Å². The summed E-state index contributed by atoms with van der Waals surface area (Å²) in [6.07, 6.45) is 1.06. The highest BCUT2D eigenvalue weighted by atomic mass is 16.5. The van der Waals surface area contributed by atoms with E-state index in [2.05, 4.69) is 31.3 Å². The lowest BCUT2D eigenvalue weighted by molar-refractivity contribution is -0.117. The number of anilines is 1. The fraction of sp³-hybridized carbons (Fsp3) is 0.350. The van der Waals surface area contributed by atoms with Crippen LogP contribution in [0.3, 0.4) is 0 Å². The predicted octanol–water partition coefficient (Wildman–Crippen LogP) is 4.64. The summed E-state index contributed by atoms with van der Waals surface area (Å²) in [6.45, 7) is 6.33. The van der Waals surface area contributed by atoms with Crippen molar-refractivity contribution < 1.29 is 9.53 Å². The molecule has 2 aromatic carbocycles. The van der Waals surface area contributed by atoms with Crippen LogP contribution in [0, 0.1) is 5.92 Å². The zero-order valence-corrected chi connectivity index (χ0v) is 14.3. The highest BCUT2D eigenvalue weighted by molar-refractivity contribution is 5.96. The Morgan fingerprint density at radius 3 is 2.30 bits per heavy atom. The van der Waals surface area contributed by atoms with Crippen molar-refractivity contribution in [1.82, 2.24) is 0 Å². The van der Waals surface area contributed by atoms with Gasteiger partial charge in [0.05, 0.1) is 18.7 Å². The van der Waals surface area contributed by atoms with Crippen molar-refractivity contribution in [2.24, 2.45) is 5.92 Å². The molecule has 1 amide bonds. The van der Waals surface area contributed by atoms with Crippen molar-refractivity contribution in [3.8, 4) is 5.75 Å². The Balaban J connectivity index is 2.07. The van der Waals surface area contributed by atoms with Crippen LogP contribution in [0.1, 0.15) is 37.8 Å². The molecule has 0 aliphatic carbocycles. The molecule has 3 heteroatoms. The predicted molar refractivity (Wildman–Crippen MR) is 95.0 cm³/mol. The number of benzene rings is 2. The van der Waals surface area contributed by atoms with Crippen LogP contribution in [-0.4, -0.2) is 13.0 Å². The molecular weight excluding hydrogens is 286 g/mol. The van der Waals surface area contributed by atoms with Crippen molar-refractivity contribution in [1.29, 1.82) is 0 Å². The summed E-state index contributed by atoms with van der Waals surface area (Å²) in [5.41, 5.74) is 3.02. The third kappa shape index (κ3) is 4.59. The number of methoxy groups -OCH3 is 1. The van der Waals surface area contributed by atoms with Gasteiger partial charge in [-0.15, -0.1) is 0 Å². The molecule has 0 aliphatic heterocycles. The number of ether oxygens (including phenoxy) is 1. The van der Waals surface area contributed by atoms with E-state index in [1.165, 1.54) is 5.56 Å².